The number of ether oxygens (including phenoxy) is 1. The summed E-state index contributed by atoms with van der Waals surface area (Å²) in [5, 5.41) is 1.17. The third-order valence-electron chi connectivity index (χ3n) is 10.7. The van der Waals surface area contributed by atoms with E-state index in [2.05, 4.69) is 44.5 Å². The van der Waals surface area contributed by atoms with Crippen LogP contribution in [0.4, 0.5) is 0 Å². The highest BCUT2D eigenvalue weighted by molar-refractivity contribution is 7.17. The zero-order valence-corrected chi connectivity index (χ0v) is 27.7. The van der Waals surface area contributed by atoms with E-state index in [9.17, 15) is 9.59 Å². The van der Waals surface area contributed by atoms with E-state index in [0.717, 1.165) is 41.9 Å². The molecule has 2 amide bonds. The van der Waals surface area contributed by atoms with Gasteiger partial charge in [-0.1, -0.05) is 41.1 Å². The minimum absolute atomic E-state index is 0.0110. The van der Waals surface area contributed by atoms with Crippen molar-refractivity contribution in [3.05, 3.63) is 63.6 Å². The number of nitrogens with zero attached hydrogens (tertiary/aromatic N) is 6. The number of para-hydroxylation sites is 1. The SMILES string of the molecule is COc1cc(C(=O)N2CC3CCC2[C@@H]3N)cc2nc(-c3cc4ccccc4n3CC3CC3)n(CC3CN(C(=O)c4cnc(Cl)s4)C3)c12. The van der Waals surface area contributed by atoms with Crippen LogP contribution in [0.5, 0.6) is 5.75 Å². The fourth-order valence-corrected chi connectivity index (χ4v) is 9.00. The lowest BCUT2D eigenvalue weighted by Gasteiger charge is -2.39. The maximum absolute atomic E-state index is 13.9. The summed E-state index contributed by atoms with van der Waals surface area (Å²) in [5.74, 6) is 2.67. The number of methoxy groups -OCH3 is 1. The first kappa shape index (κ1) is 29.2. The van der Waals surface area contributed by atoms with E-state index in [1.807, 2.05) is 21.9 Å². The van der Waals surface area contributed by atoms with Gasteiger partial charge in [0, 0.05) is 67.2 Å². The quantitative estimate of drug-likeness (QED) is 0.233. The number of rotatable bonds is 8. The second-order valence-corrected chi connectivity index (χ2v) is 15.3. The summed E-state index contributed by atoms with van der Waals surface area (Å²) in [5.41, 5.74) is 10.9. The maximum Gasteiger partial charge on any atom is 0.265 e. The van der Waals surface area contributed by atoms with Crippen molar-refractivity contribution in [3.63, 3.8) is 0 Å². The lowest BCUT2D eigenvalue weighted by Crippen LogP contribution is -2.51. The van der Waals surface area contributed by atoms with E-state index < -0.39 is 0 Å². The molecule has 2 aliphatic heterocycles. The molecule has 4 fully saturated rings. The Bertz CT molecular complexity index is 2060. The Balaban J connectivity index is 1.12. The summed E-state index contributed by atoms with van der Waals surface area (Å²) in [7, 11) is 1.65. The number of benzene rings is 2. The third-order valence-corrected chi connectivity index (χ3v) is 11.8. The molecule has 0 spiro atoms. The molecular weight excluding hydrogens is 634 g/mol. The predicted octanol–water partition coefficient (Wildman–Crippen LogP) is 5.52. The number of fused-ring (bicyclic) bond motifs is 4. The minimum atomic E-state index is -0.0398. The van der Waals surface area contributed by atoms with Crippen molar-refractivity contribution in [2.24, 2.45) is 23.5 Å². The van der Waals surface area contributed by atoms with Gasteiger partial charge in [0.05, 0.1) is 24.5 Å². The number of nitrogens with two attached hydrogens (primary N) is 1. The highest BCUT2D eigenvalue weighted by atomic mass is 35.5. The smallest absolute Gasteiger partial charge is 0.265 e. The van der Waals surface area contributed by atoms with Gasteiger partial charge in [-0.15, -0.1) is 0 Å². The van der Waals surface area contributed by atoms with Crippen LogP contribution in [0.1, 0.15) is 45.7 Å². The van der Waals surface area contributed by atoms with Gasteiger partial charge in [-0.3, -0.25) is 9.59 Å². The molecule has 5 heterocycles. The van der Waals surface area contributed by atoms with E-state index >= 15 is 0 Å². The molecule has 242 valence electrons. The first-order valence-corrected chi connectivity index (χ1v) is 17.7. The van der Waals surface area contributed by atoms with E-state index in [1.165, 1.54) is 35.1 Å². The first-order valence-electron chi connectivity index (χ1n) is 16.5. The Kier molecular flexibility index (Phi) is 6.88. The van der Waals surface area contributed by atoms with Crippen LogP contribution in [-0.2, 0) is 13.1 Å². The number of halogens is 1. The summed E-state index contributed by atoms with van der Waals surface area (Å²) in [6, 6.07) is 14.7. The molecule has 3 atom stereocenters. The molecule has 5 aromatic rings. The second-order valence-electron chi connectivity index (χ2n) is 13.7. The number of thiazole rings is 1. The fourth-order valence-electron chi connectivity index (χ4n) is 8.10. The molecule has 9 rings (SSSR count). The number of hydrogen-bond donors (Lipinski definition) is 1. The Labute approximate surface area is 281 Å². The number of carbonyl (C=O) groups is 2. The summed E-state index contributed by atoms with van der Waals surface area (Å²) in [6.45, 7) is 3.53. The highest BCUT2D eigenvalue weighted by Gasteiger charge is 2.47. The third kappa shape index (κ3) is 4.85. The normalized spacial score (nSPS) is 22.5. The number of hydrogen-bond acceptors (Lipinski definition) is 7. The van der Waals surface area contributed by atoms with Crippen LogP contribution in [0.2, 0.25) is 4.47 Å². The molecule has 47 heavy (non-hydrogen) atoms. The average Bonchev–Trinajstić information content (AvgIpc) is 3.34. The molecule has 0 radical (unpaired) electrons. The van der Waals surface area contributed by atoms with Crippen LogP contribution in [0.3, 0.4) is 0 Å². The Morgan fingerprint density at radius 3 is 2.51 bits per heavy atom. The molecule has 2 bridgehead atoms. The summed E-state index contributed by atoms with van der Waals surface area (Å²) >= 11 is 7.21. The Morgan fingerprint density at radius 1 is 1.00 bits per heavy atom. The lowest BCUT2D eigenvalue weighted by atomic mass is 9.99. The van der Waals surface area contributed by atoms with Gasteiger partial charge < -0.3 is 29.4 Å². The van der Waals surface area contributed by atoms with E-state index in [-0.39, 0.29) is 29.8 Å². The van der Waals surface area contributed by atoms with Crippen LogP contribution in [-0.4, -0.2) is 79.5 Å². The van der Waals surface area contributed by atoms with Crippen molar-refractivity contribution in [2.45, 2.75) is 50.9 Å². The summed E-state index contributed by atoms with van der Waals surface area (Å²) < 4.78 is 11.1. The minimum Gasteiger partial charge on any atom is -0.494 e. The number of aromatic nitrogens is 4. The molecule has 3 aromatic heterocycles. The number of carbonyl (C=O) groups excluding carboxylic acids is 2. The standard InChI is InChI=1S/C35H36ClN7O3S/c1-46-28-12-23(33(44)42-18-22-8-9-26(42)30(22)37)10-24-31(28)43(17-20-14-40(15-20)34(45)29-13-38-35(36)47-29)32(39-24)27-11-21-4-2-3-5-25(21)41(27)16-19-6-7-19/h2-5,10-13,19-20,22,26,30H,6-9,14-18,37H2,1H3/t22?,26?,30-/m1/s1. The first-order chi connectivity index (χ1) is 22.9. The number of likely N-dealkylation sites (tertiary alicyclic amines) is 2. The second kappa shape index (κ2) is 11.1. The molecule has 2 aliphatic carbocycles. The van der Waals surface area contributed by atoms with Crippen LogP contribution in [0, 0.1) is 17.8 Å². The molecule has 2 unspecified atom stereocenters. The Morgan fingerprint density at radius 2 is 1.81 bits per heavy atom. The monoisotopic (exact) mass is 669 g/mol. The molecule has 12 heteroatoms. The number of piperidine rings is 1. The highest BCUT2D eigenvalue weighted by Crippen LogP contribution is 2.41. The topological polar surface area (TPSA) is 112 Å². The van der Waals surface area contributed by atoms with Crippen molar-refractivity contribution < 1.29 is 14.3 Å². The van der Waals surface area contributed by atoms with Crippen molar-refractivity contribution in [1.29, 1.82) is 0 Å². The molecule has 2 N–H and O–H groups in total. The van der Waals surface area contributed by atoms with Crippen molar-refractivity contribution in [1.82, 2.24) is 28.9 Å². The average molecular weight is 670 g/mol. The molecule has 4 aliphatic rings. The zero-order valence-electron chi connectivity index (χ0n) is 26.1. The van der Waals surface area contributed by atoms with Crippen molar-refractivity contribution >= 4 is 56.7 Å². The number of imidazole rings is 1. The van der Waals surface area contributed by atoms with Crippen molar-refractivity contribution in [2.75, 3.05) is 26.7 Å². The van der Waals surface area contributed by atoms with Gasteiger partial charge in [-0.2, -0.15) is 0 Å². The van der Waals surface area contributed by atoms with Gasteiger partial charge in [0.15, 0.2) is 10.3 Å². The van der Waals surface area contributed by atoms with Crippen LogP contribution < -0.4 is 10.5 Å². The van der Waals surface area contributed by atoms with Gasteiger partial charge in [0.2, 0.25) is 0 Å². The number of amides is 2. The van der Waals surface area contributed by atoms with Crippen LogP contribution >= 0.6 is 22.9 Å². The molecular formula is C35H36ClN7O3S. The molecule has 2 saturated carbocycles. The van der Waals surface area contributed by atoms with Crippen LogP contribution in [0.25, 0.3) is 33.5 Å². The molecule has 2 aromatic carbocycles. The molecule has 10 nitrogen and oxygen atoms in total. The van der Waals surface area contributed by atoms with Crippen molar-refractivity contribution in [3.8, 4) is 17.3 Å². The van der Waals surface area contributed by atoms with Crippen LogP contribution in [0.15, 0.2) is 48.7 Å². The zero-order chi connectivity index (χ0) is 32.0. The predicted molar refractivity (Wildman–Crippen MR) is 182 cm³/mol. The van der Waals surface area contributed by atoms with E-state index in [0.29, 0.717) is 58.7 Å². The van der Waals surface area contributed by atoms with Gasteiger partial charge >= 0.3 is 0 Å². The van der Waals surface area contributed by atoms with E-state index in [4.69, 9.17) is 27.1 Å². The van der Waals surface area contributed by atoms with Gasteiger partial charge in [0.1, 0.15) is 16.1 Å². The summed E-state index contributed by atoms with van der Waals surface area (Å²) in [6.07, 6.45) is 6.07. The molecule has 2 saturated heterocycles. The van der Waals surface area contributed by atoms with E-state index in [1.54, 1.807) is 13.3 Å². The Hall–Kier alpha value is -3.93. The summed E-state index contributed by atoms with van der Waals surface area (Å²) in [4.78, 5) is 40.7. The van der Waals surface area contributed by atoms with Gasteiger partial charge in [-0.05, 0) is 61.8 Å². The largest absolute Gasteiger partial charge is 0.494 e. The fraction of sp³-hybridized carbons (Fsp3) is 0.429. The van der Waals surface area contributed by atoms with Gasteiger partial charge in [-0.25, -0.2) is 9.97 Å². The maximum atomic E-state index is 13.9. The lowest BCUT2D eigenvalue weighted by molar-refractivity contribution is 0.0476. The van der Waals surface area contributed by atoms with Gasteiger partial charge in [0.25, 0.3) is 11.8 Å².